The molecule has 2 atom stereocenters. The smallest absolute Gasteiger partial charge is 0.235 e. The van der Waals surface area contributed by atoms with E-state index in [9.17, 15) is 9.00 Å². The van der Waals surface area contributed by atoms with E-state index in [4.69, 9.17) is 16.7 Å². The molecule has 19 heavy (non-hydrogen) atoms. The van der Waals surface area contributed by atoms with Crippen LogP contribution in [-0.4, -0.2) is 45.3 Å². The zero-order chi connectivity index (χ0) is 14.4. The van der Waals surface area contributed by atoms with Gasteiger partial charge in [0.1, 0.15) is 5.75 Å². The molecule has 0 fully saturated rings. The number of aliphatic hydroxyl groups excluding tert-OH is 1. The van der Waals surface area contributed by atoms with Crippen molar-refractivity contribution >= 4 is 28.3 Å². The molecule has 1 aromatic carbocycles. The fraction of sp³-hybridized carbons (Fsp3) is 0.462. The minimum atomic E-state index is -1.31. The topological polar surface area (TPSA) is 57.6 Å². The first-order chi connectivity index (χ1) is 8.95. The van der Waals surface area contributed by atoms with Gasteiger partial charge in [-0.05, 0) is 24.6 Å². The zero-order valence-corrected chi connectivity index (χ0v) is 12.6. The van der Waals surface area contributed by atoms with Gasteiger partial charge in [-0.15, -0.1) is 0 Å². The van der Waals surface area contributed by atoms with Crippen LogP contribution in [0.3, 0.4) is 0 Å². The van der Waals surface area contributed by atoms with Gasteiger partial charge in [-0.3, -0.25) is 9.00 Å². The van der Waals surface area contributed by atoms with E-state index in [0.29, 0.717) is 5.02 Å². The Bertz CT molecular complexity index is 450. The Kier molecular flexibility index (Phi) is 6.48. The number of halogens is 1. The van der Waals surface area contributed by atoms with Crippen LogP contribution >= 0.6 is 11.6 Å². The lowest BCUT2D eigenvalue weighted by atomic mass is 10.1. The molecule has 106 valence electrons. The third-order valence-electron chi connectivity index (χ3n) is 2.93. The van der Waals surface area contributed by atoms with Gasteiger partial charge in [-0.25, -0.2) is 0 Å². The normalized spacial score (nSPS) is 13.9. The molecule has 0 saturated heterocycles. The van der Waals surface area contributed by atoms with E-state index < -0.39 is 10.8 Å². The molecule has 0 aliphatic rings. The lowest BCUT2D eigenvalue weighted by Gasteiger charge is -2.25. The summed E-state index contributed by atoms with van der Waals surface area (Å²) < 4.78 is 11.4. The third kappa shape index (κ3) is 4.93. The van der Waals surface area contributed by atoms with Crippen molar-refractivity contribution in [2.75, 3.05) is 25.2 Å². The average Bonchev–Trinajstić information content (AvgIpc) is 2.38. The Balaban J connectivity index is 2.65. The maximum atomic E-state index is 11.9. The molecule has 1 aromatic rings. The number of hydrogen-bond donors (Lipinski definition) is 1. The van der Waals surface area contributed by atoms with E-state index in [1.165, 1.54) is 0 Å². The summed E-state index contributed by atoms with van der Waals surface area (Å²) in [7, 11) is 0.369. The molecule has 2 unspecified atom stereocenters. The van der Waals surface area contributed by atoms with Gasteiger partial charge in [0.15, 0.2) is 0 Å². The van der Waals surface area contributed by atoms with Crippen molar-refractivity contribution in [1.82, 2.24) is 4.90 Å². The van der Waals surface area contributed by atoms with Crippen LogP contribution in [0.4, 0.5) is 0 Å². The predicted octanol–water partition coefficient (Wildman–Crippen LogP) is 1.60. The van der Waals surface area contributed by atoms with Crippen molar-refractivity contribution in [3.05, 3.63) is 34.9 Å². The number of rotatable bonds is 6. The van der Waals surface area contributed by atoms with Crippen LogP contribution in [0.2, 0.25) is 5.02 Å². The van der Waals surface area contributed by atoms with Gasteiger partial charge in [0.05, 0.1) is 12.6 Å². The number of benzene rings is 1. The lowest BCUT2D eigenvalue weighted by molar-refractivity contribution is -0.129. The average molecular weight is 304 g/mol. The maximum Gasteiger partial charge on any atom is 0.235 e. The van der Waals surface area contributed by atoms with Gasteiger partial charge in [0.25, 0.3) is 0 Å². The van der Waals surface area contributed by atoms with Gasteiger partial charge in [-0.2, -0.15) is 0 Å². The predicted molar refractivity (Wildman–Crippen MR) is 77.6 cm³/mol. The van der Waals surface area contributed by atoms with Crippen molar-refractivity contribution in [3.63, 3.8) is 0 Å². The minimum absolute atomic E-state index is 0.0605. The molecule has 0 saturated carbocycles. The molecule has 0 bridgehead atoms. The van der Waals surface area contributed by atoms with Gasteiger partial charge in [0, 0.05) is 28.6 Å². The monoisotopic (exact) mass is 303 g/mol. The summed E-state index contributed by atoms with van der Waals surface area (Å²) in [6.45, 7) is 1.73. The lowest BCUT2D eigenvalue weighted by Crippen LogP contribution is -2.33. The maximum absolute atomic E-state index is 11.9. The summed E-state index contributed by atoms with van der Waals surface area (Å²) in [5.41, 5.74) is 0.966. The summed E-state index contributed by atoms with van der Waals surface area (Å²) >= 11 is 5.82. The second kappa shape index (κ2) is 7.62. The molecule has 6 heteroatoms. The molecular formula is C13H18ClNO3S. The molecule has 0 radical (unpaired) electrons. The standard InChI is InChI=1S/C13H18ClNO3S/c1-10(11-3-5-12(14)6-4-11)15(2)13(17)9-19(18)8-7-16/h3-6,10,16H,7-9H2,1-2H3. The first kappa shape index (κ1) is 16.1. The largest absolute Gasteiger partial charge is 0.395 e. The zero-order valence-electron chi connectivity index (χ0n) is 11.0. The number of hydrogen-bond acceptors (Lipinski definition) is 3. The highest BCUT2D eigenvalue weighted by molar-refractivity contribution is 7.85. The van der Waals surface area contributed by atoms with Crippen LogP contribution < -0.4 is 0 Å². The second-order valence-corrected chi connectivity index (χ2v) is 6.26. The summed E-state index contributed by atoms with van der Waals surface area (Å²) in [6, 6.07) is 7.16. The van der Waals surface area contributed by atoms with Gasteiger partial charge in [-0.1, -0.05) is 23.7 Å². The highest BCUT2D eigenvalue weighted by Crippen LogP contribution is 2.20. The van der Waals surface area contributed by atoms with Crippen LogP contribution in [0.25, 0.3) is 0 Å². The van der Waals surface area contributed by atoms with E-state index in [-0.39, 0.29) is 30.1 Å². The van der Waals surface area contributed by atoms with Crippen LogP contribution in [0.15, 0.2) is 24.3 Å². The number of amides is 1. The van der Waals surface area contributed by atoms with Crippen LogP contribution in [0.5, 0.6) is 0 Å². The Hall–Kier alpha value is -0.910. The van der Waals surface area contributed by atoms with E-state index in [0.717, 1.165) is 5.56 Å². The first-order valence-electron chi connectivity index (χ1n) is 5.92. The second-order valence-electron chi connectivity index (χ2n) is 4.24. The SMILES string of the molecule is CC(c1ccc(Cl)cc1)N(C)C(=O)CS(=O)CCO. The van der Waals surface area contributed by atoms with Gasteiger partial charge < -0.3 is 10.0 Å². The Morgan fingerprint density at radius 3 is 2.53 bits per heavy atom. The fourth-order valence-corrected chi connectivity index (χ4v) is 2.55. The van der Waals surface area contributed by atoms with Gasteiger partial charge in [0.2, 0.25) is 5.91 Å². The van der Waals surface area contributed by atoms with Crippen molar-refractivity contribution < 1.29 is 14.1 Å². The molecule has 0 heterocycles. The molecule has 0 aliphatic heterocycles. The van der Waals surface area contributed by atoms with Crippen LogP contribution in [0, 0.1) is 0 Å². The van der Waals surface area contributed by atoms with E-state index in [2.05, 4.69) is 0 Å². The molecule has 1 amide bonds. The van der Waals surface area contributed by atoms with E-state index in [1.54, 1.807) is 24.1 Å². The van der Waals surface area contributed by atoms with Crippen molar-refractivity contribution in [2.24, 2.45) is 0 Å². The van der Waals surface area contributed by atoms with Crippen LogP contribution in [-0.2, 0) is 15.6 Å². The molecule has 1 rings (SSSR count). The molecule has 1 N–H and O–H groups in total. The minimum Gasteiger partial charge on any atom is -0.395 e. The van der Waals surface area contributed by atoms with Crippen molar-refractivity contribution in [1.29, 1.82) is 0 Å². The van der Waals surface area contributed by atoms with E-state index in [1.807, 2.05) is 19.1 Å². The molecule has 4 nitrogen and oxygen atoms in total. The molecule has 0 aliphatic carbocycles. The molecule has 0 aromatic heterocycles. The number of nitrogens with zero attached hydrogens (tertiary/aromatic N) is 1. The summed E-state index contributed by atoms with van der Waals surface area (Å²) in [5, 5.41) is 9.32. The molecular weight excluding hydrogens is 286 g/mol. The number of aliphatic hydroxyl groups is 1. The fourth-order valence-electron chi connectivity index (χ4n) is 1.59. The Morgan fingerprint density at radius 1 is 1.42 bits per heavy atom. The summed E-state index contributed by atoms with van der Waals surface area (Å²) in [4.78, 5) is 13.5. The van der Waals surface area contributed by atoms with Crippen LogP contribution in [0.1, 0.15) is 18.5 Å². The Morgan fingerprint density at radius 2 is 2.00 bits per heavy atom. The highest BCUT2D eigenvalue weighted by Gasteiger charge is 2.19. The summed E-state index contributed by atoms with van der Waals surface area (Å²) in [5.74, 6) is -0.126. The first-order valence-corrected chi connectivity index (χ1v) is 7.79. The number of carbonyl (C=O) groups excluding carboxylic acids is 1. The number of carbonyl (C=O) groups is 1. The molecule has 0 spiro atoms. The van der Waals surface area contributed by atoms with Crippen molar-refractivity contribution in [3.8, 4) is 0 Å². The third-order valence-corrected chi connectivity index (χ3v) is 4.39. The van der Waals surface area contributed by atoms with Crippen molar-refractivity contribution in [2.45, 2.75) is 13.0 Å². The van der Waals surface area contributed by atoms with Gasteiger partial charge >= 0.3 is 0 Å². The quantitative estimate of drug-likeness (QED) is 0.868. The van der Waals surface area contributed by atoms with E-state index >= 15 is 0 Å². The Labute approximate surface area is 120 Å². The highest BCUT2D eigenvalue weighted by atomic mass is 35.5. The summed E-state index contributed by atoms with van der Waals surface area (Å²) in [6.07, 6.45) is 0.